The number of hydrogen-bond acceptors (Lipinski definition) is 4. The van der Waals surface area contributed by atoms with E-state index < -0.39 is 0 Å². The number of rotatable bonds is 4. The molecule has 0 aliphatic rings. The molecule has 106 valence electrons. The fourth-order valence-corrected chi connectivity index (χ4v) is 3.50. The Kier molecular flexibility index (Phi) is 4.67. The Balaban J connectivity index is 2.31. The van der Waals surface area contributed by atoms with Gasteiger partial charge in [0.25, 0.3) is 0 Å². The van der Waals surface area contributed by atoms with Crippen molar-refractivity contribution in [1.29, 1.82) is 0 Å². The predicted molar refractivity (Wildman–Crippen MR) is 87.8 cm³/mol. The van der Waals surface area contributed by atoms with E-state index >= 15 is 0 Å². The van der Waals surface area contributed by atoms with Gasteiger partial charge in [0.2, 0.25) is 0 Å². The Bertz CT molecular complexity index is 639. The van der Waals surface area contributed by atoms with E-state index in [1.165, 1.54) is 4.88 Å². The molecular weight excluding hydrogens is 338 g/mol. The van der Waals surface area contributed by atoms with E-state index in [2.05, 4.69) is 37.4 Å². The molecule has 2 rings (SSSR count). The number of benzene rings is 1. The quantitative estimate of drug-likeness (QED) is 0.382. The van der Waals surface area contributed by atoms with Gasteiger partial charge in [-0.05, 0) is 41.1 Å². The Morgan fingerprint density at radius 1 is 1.45 bits per heavy atom. The van der Waals surface area contributed by atoms with Crippen LogP contribution >= 0.6 is 27.3 Å². The lowest BCUT2D eigenvalue weighted by Gasteiger charge is -2.22. The summed E-state index contributed by atoms with van der Waals surface area (Å²) in [5.41, 5.74) is 8.52. The molecule has 1 heterocycles. The fourth-order valence-electron chi connectivity index (χ4n) is 2.00. The first-order valence-electron chi connectivity index (χ1n) is 6.04. The van der Waals surface area contributed by atoms with E-state index in [1.54, 1.807) is 11.3 Å². The van der Waals surface area contributed by atoms with Crippen LogP contribution < -0.4 is 10.6 Å². The molecule has 0 unspecified atom stereocenters. The summed E-state index contributed by atoms with van der Waals surface area (Å²) in [7, 11) is 1.99. The van der Waals surface area contributed by atoms with Crippen molar-refractivity contribution in [3.05, 3.63) is 50.1 Å². The third kappa shape index (κ3) is 3.32. The summed E-state index contributed by atoms with van der Waals surface area (Å²) in [6, 6.07) is 8.03. The maximum absolute atomic E-state index is 8.92. The standard InChI is InChI=1S/C14H16BrN3OS/c1-9-3-4-13(12(5-9)14(16)17-19)18(2)7-11-6-10(15)8-20-11/h3-6,8,19H,7H2,1-2H3,(H2,16,17). The number of nitrogens with two attached hydrogens (primary N) is 1. The number of nitrogens with zero attached hydrogens (tertiary/aromatic N) is 2. The summed E-state index contributed by atoms with van der Waals surface area (Å²) < 4.78 is 1.09. The lowest BCUT2D eigenvalue weighted by atomic mass is 10.1. The van der Waals surface area contributed by atoms with E-state index in [9.17, 15) is 0 Å². The topological polar surface area (TPSA) is 61.8 Å². The molecule has 0 aliphatic carbocycles. The van der Waals surface area contributed by atoms with Crippen molar-refractivity contribution in [3.8, 4) is 0 Å². The van der Waals surface area contributed by atoms with Gasteiger partial charge >= 0.3 is 0 Å². The van der Waals surface area contributed by atoms with Crippen molar-refractivity contribution in [2.45, 2.75) is 13.5 Å². The molecule has 0 fully saturated rings. The van der Waals surface area contributed by atoms with Crippen LogP contribution in [0.2, 0.25) is 0 Å². The fraction of sp³-hybridized carbons (Fsp3) is 0.214. The van der Waals surface area contributed by atoms with E-state index in [4.69, 9.17) is 10.9 Å². The highest BCUT2D eigenvalue weighted by Gasteiger charge is 2.12. The lowest BCUT2D eigenvalue weighted by Crippen LogP contribution is -2.22. The molecule has 0 amide bonds. The molecular formula is C14H16BrN3OS. The van der Waals surface area contributed by atoms with Crippen LogP contribution in [-0.2, 0) is 6.54 Å². The van der Waals surface area contributed by atoms with Crippen LogP contribution in [0.25, 0.3) is 0 Å². The number of oxime groups is 1. The van der Waals surface area contributed by atoms with Gasteiger partial charge in [0.05, 0.1) is 6.54 Å². The third-order valence-corrected chi connectivity index (χ3v) is 4.64. The molecule has 3 N–H and O–H groups in total. The first-order chi connectivity index (χ1) is 9.51. The van der Waals surface area contributed by atoms with Crippen LogP contribution in [0.4, 0.5) is 5.69 Å². The van der Waals surface area contributed by atoms with Crippen LogP contribution in [0, 0.1) is 6.92 Å². The first kappa shape index (κ1) is 14.9. The summed E-state index contributed by atoms with van der Waals surface area (Å²) in [4.78, 5) is 3.33. The van der Waals surface area contributed by atoms with Gasteiger partial charge in [-0.15, -0.1) is 11.3 Å². The average molecular weight is 354 g/mol. The molecule has 0 radical (unpaired) electrons. The number of hydrogen-bond donors (Lipinski definition) is 2. The summed E-state index contributed by atoms with van der Waals surface area (Å²) in [6.45, 7) is 2.75. The van der Waals surface area contributed by atoms with Crippen LogP contribution in [0.15, 0.2) is 39.3 Å². The van der Waals surface area contributed by atoms with Crippen molar-refractivity contribution in [1.82, 2.24) is 0 Å². The van der Waals surface area contributed by atoms with Crippen molar-refractivity contribution in [2.75, 3.05) is 11.9 Å². The molecule has 1 aromatic heterocycles. The molecule has 4 nitrogen and oxygen atoms in total. The molecule has 0 bridgehead atoms. The minimum absolute atomic E-state index is 0.128. The minimum Gasteiger partial charge on any atom is -0.409 e. The van der Waals surface area contributed by atoms with E-state index in [0.717, 1.165) is 27.8 Å². The number of thiophene rings is 1. The van der Waals surface area contributed by atoms with Crippen molar-refractivity contribution in [2.24, 2.45) is 10.9 Å². The smallest absolute Gasteiger partial charge is 0.172 e. The zero-order valence-corrected chi connectivity index (χ0v) is 13.7. The highest BCUT2D eigenvalue weighted by Crippen LogP contribution is 2.26. The molecule has 0 saturated heterocycles. The monoisotopic (exact) mass is 353 g/mol. The maximum atomic E-state index is 8.92. The van der Waals surface area contributed by atoms with Crippen molar-refractivity contribution >= 4 is 38.8 Å². The number of amidine groups is 1. The summed E-state index contributed by atoms with van der Waals surface area (Å²) in [5.74, 6) is 0.128. The van der Waals surface area contributed by atoms with Gasteiger partial charge in [0.15, 0.2) is 5.84 Å². The molecule has 0 saturated carbocycles. The van der Waals surface area contributed by atoms with Crippen molar-refractivity contribution in [3.63, 3.8) is 0 Å². The second kappa shape index (κ2) is 6.28. The lowest BCUT2D eigenvalue weighted by molar-refractivity contribution is 0.318. The predicted octanol–water partition coefficient (Wildman–Crippen LogP) is 3.55. The molecule has 1 aromatic carbocycles. The van der Waals surface area contributed by atoms with Crippen molar-refractivity contribution < 1.29 is 5.21 Å². The Morgan fingerprint density at radius 2 is 2.20 bits per heavy atom. The third-order valence-electron chi connectivity index (χ3n) is 2.96. The molecule has 0 spiro atoms. The van der Waals surface area contributed by atoms with E-state index in [-0.39, 0.29) is 5.84 Å². The summed E-state index contributed by atoms with van der Waals surface area (Å²) >= 11 is 5.15. The first-order valence-corrected chi connectivity index (χ1v) is 7.71. The minimum atomic E-state index is 0.128. The average Bonchev–Trinajstić information content (AvgIpc) is 2.82. The number of aryl methyl sites for hydroxylation is 1. The maximum Gasteiger partial charge on any atom is 0.172 e. The van der Waals surface area contributed by atoms with E-state index in [1.807, 2.05) is 32.2 Å². The SMILES string of the molecule is Cc1ccc(N(C)Cc2cc(Br)cs2)c(/C(N)=N/O)c1. The Morgan fingerprint density at radius 3 is 2.80 bits per heavy atom. The highest BCUT2D eigenvalue weighted by molar-refractivity contribution is 9.10. The zero-order chi connectivity index (χ0) is 14.7. The molecule has 20 heavy (non-hydrogen) atoms. The van der Waals surface area contributed by atoms with Gasteiger partial charge in [-0.3, -0.25) is 0 Å². The normalized spacial score (nSPS) is 11.7. The number of halogens is 1. The second-order valence-corrected chi connectivity index (χ2v) is 6.50. The summed E-state index contributed by atoms with van der Waals surface area (Å²) in [5, 5.41) is 14.1. The molecule has 6 heteroatoms. The zero-order valence-electron chi connectivity index (χ0n) is 11.3. The van der Waals surface area contributed by atoms with Crippen LogP contribution in [0.5, 0.6) is 0 Å². The Labute approximate surface area is 130 Å². The largest absolute Gasteiger partial charge is 0.409 e. The van der Waals surface area contributed by atoms with Crippen LogP contribution in [0.3, 0.4) is 0 Å². The van der Waals surface area contributed by atoms with Crippen LogP contribution in [0.1, 0.15) is 16.0 Å². The molecule has 2 aromatic rings. The van der Waals surface area contributed by atoms with Gasteiger partial charge in [-0.2, -0.15) is 0 Å². The molecule has 0 atom stereocenters. The molecule has 0 aliphatic heterocycles. The second-order valence-electron chi connectivity index (χ2n) is 4.59. The Hall–Kier alpha value is -1.53. The summed E-state index contributed by atoms with van der Waals surface area (Å²) in [6.07, 6.45) is 0. The van der Waals surface area contributed by atoms with Gasteiger partial charge in [-0.25, -0.2) is 0 Å². The van der Waals surface area contributed by atoms with Gasteiger partial charge < -0.3 is 15.8 Å². The highest BCUT2D eigenvalue weighted by atomic mass is 79.9. The van der Waals surface area contributed by atoms with Crippen LogP contribution in [-0.4, -0.2) is 18.1 Å². The van der Waals surface area contributed by atoms with Gasteiger partial charge in [0.1, 0.15) is 0 Å². The van der Waals surface area contributed by atoms with E-state index in [0.29, 0.717) is 0 Å². The van der Waals surface area contributed by atoms with Gasteiger partial charge in [0, 0.05) is 33.0 Å². The number of anilines is 1. The van der Waals surface area contributed by atoms with Gasteiger partial charge in [-0.1, -0.05) is 16.8 Å².